The van der Waals surface area contributed by atoms with Crippen molar-refractivity contribution in [1.29, 1.82) is 0 Å². The Morgan fingerprint density at radius 3 is 2.76 bits per heavy atom. The minimum atomic E-state index is 0.642. The van der Waals surface area contributed by atoms with Crippen LogP contribution in [0.1, 0.15) is 6.42 Å². The molecule has 2 saturated heterocycles. The van der Waals surface area contributed by atoms with Gasteiger partial charge in [-0.2, -0.15) is 0 Å². The van der Waals surface area contributed by atoms with Crippen LogP contribution in [0, 0.1) is 5.92 Å². The first-order valence-electron chi connectivity index (χ1n) is 7.47. The molecule has 4 rings (SSSR count). The maximum atomic E-state index is 5.96. The summed E-state index contributed by atoms with van der Waals surface area (Å²) in [6, 6.07) is 10.8. The van der Waals surface area contributed by atoms with Crippen LogP contribution in [-0.2, 0) is 0 Å². The summed E-state index contributed by atoms with van der Waals surface area (Å²) in [6.07, 6.45) is 5.22. The Hall–Kier alpha value is -1.58. The number of nitrogens with zero attached hydrogens (tertiary/aromatic N) is 2. The maximum Gasteiger partial charge on any atom is 0.0559 e. The Morgan fingerprint density at radius 2 is 1.95 bits per heavy atom. The molecule has 2 aliphatic heterocycles. The van der Waals surface area contributed by atoms with Gasteiger partial charge in [0, 0.05) is 42.5 Å². The highest BCUT2D eigenvalue weighted by Crippen LogP contribution is 2.29. The maximum absolute atomic E-state index is 5.96. The summed E-state index contributed by atoms with van der Waals surface area (Å²) in [6.45, 7) is 3.38. The van der Waals surface area contributed by atoms with Crippen LogP contribution in [0.15, 0.2) is 42.7 Å². The van der Waals surface area contributed by atoms with Crippen LogP contribution in [0.4, 0.5) is 5.69 Å². The topological polar surface area (TPSA) is 28.2 Å². The predicted octanol–water partition coefficient (Wildman–Crippen LogP) is 3.20. The molecule has 2 fully saturated rings. The largest absolute Gasteiger partial charge is 0.368 e. The van der Waals surface area contributed by atoms with Crippen LogP contribution in [-0.4, -0.2) is 30.7 Å². The molecule has 1 aromatic carbocycles. The Morgan fingerprint density at radius 1 is 1.10 bits per heavy atom. The molecule has 108 valence electrons. The van der Waals surface area contributed by atoms with Crippen molar-refractivity contribution in [3.63, 3.8) is 0 Å². The number of benzene rings is 1. The minimum Gasteiger partial charge on any atom is -0.368 e. The Kier molecular flexibility index (Phi) is 3.32. The second-order valence-corrected chi connectivity index (χ2v) is 6.49. The van der Waals surface area contributed by atoms with E-state index in [1.54, 1.807) is 0 Å². The first-order chi connectivity index (χ1) is 10.3. The van der Waals surface area contributed by atoms with Gasteiger partial charge >= 0.3 is 0 Å². The van der Waals surface area contributed by atoms with E-state index >= 15 is 0 Å². The molecule has 2 aromatic rings. The second kappa shape index (κ2) is 5.32. The number of hydrogen-bond acceptors (Lipinski definition) is 3. The zero-order valence-electron chi connectivity index (χ0n) is 11.8. The number of anilines is 1. The van der Waals surface area contributed by atoms with Gasteiger partial charge in [-0.1, -0.05) is 23.7 Å². The molecule has 0 aliphatic carbocycles. The van der Waals surface area contributed by atoms with Gasteiger partial charge in [-0.3, -0.25) is 4.98 Å². The molecule has 2 aliphatic rings. The zero-order chi connectivity index (χ0) is 14.2. The van der Waals surface area contributed by atoms with Crippen LogP contribution in [0.3, 0.4) is 0 Å². The van der Waals surface area contributed by atoms with Crippen LogP contribution >= 0.6 is 11.6 Å². The quantitative estimate of drug-likeness (QED) is 0.923. The molecular formula is C17H18ClN3. The average molecular weight is 300 g/mol. The van der Waals surface area contributed by atoms with Gasteiger partial charge in [-0.25, -0.2) is 0 Å². The van der Waals surface area contributed by atoms with Crippen LogP contribution in [0.2, 0.25) is 5.02 Å². The lowest BCUT2D eigenvalue weighted by molar-refractivity contribution is 0.474. The van der Waals surface area contributed by atoms with Gasteiger partial charge in [0.2, 0.25) is 0 Å². The van der Waals surface area contributed by atoms with Gasteiger partial charge < -0.3 is 10.2 Å². The monoisotopic (exact) mass is 299 g/mol. The normalized spacial score (nSPS) is 24.3. The number of rotatable bonds is 2. The molecule has 2 unspecified atom stereocenters. The fraction of sp³-hybridized carbons (Fsp3) is 0.353. The Labute approximate surface area is 129 Å². The summed E-state index contributed by atoms with van der Waals surface area (Å²) in [4.78, 5) is 6.90. The second-order valence-electron chi connectivity index (χ2n) is 6.05. The minimum absolute atomic E-state index is 0.642. The fourth-order valence-electron chi connectivity index (χ4n) is 3.44. The lowest BCUT2D eigenvalue weighted by atomic mass is 9.99. The molecule has 3 nitrogen and oxygen atoms in total. The number of pyridine rings is 1. The molecule has 4 heteroatoms. The summed E-state index contributed by atoms with van der Waals surface area (Å²) < 4.78 is 0. The van der Waals surface area contributed by atoms with E-state index in [2.05, 4.69) is 21.3 Å². The first kappa shape index (κ1) is 13.1. The summed E-state index contributed by atoms with van der Waals surface area (Å²) in [7, 11) is 0. The molecule has 2 bridgehead atoms. The SMILES string of the molecule is Clc1ccc(-c2cncc(N3CC4CNC(C4)C3)c2)cc1. The summed E-state index contributed by atoms with van der Waals surface area (Å²) in [5.41, 5.74) is 3.53. The molecule has 0 spiro atoms. The number of piperidine rings is 1. The Balaban J connectivity index is 1.62. The van der Waals surface area contributed by atoms with Crippen molar-refractivity contribution in [3.05, 3.63) is 47.7 Å². The van der Waals surface area contributed by atoms with E-state index in [9.17, 15) is 0 Å². The van der Waals surface area contributed by atoms with Gasteiger partial charge in [0.15, 0.2) is 0 Å². The smallest absolute Gasteiger partial charge is 0.0559 e. The number of hydrogen-bond donors (Lipinski definition) is 1. The average Bonchev–Trinajstić information content (AvgIpc) is 2.86. The van der Waals surface area contributed by atoms with Crippen molar-refractivity contribution in [1.82, 2.24) is 10.3 Å². The fourth-order valence-corrected chi connectivity index (χ4v) is 3.57. The summed E-state index contributed by atoms with van der Waals surface area (Å²) in [5, 5.41) is 4.36. The lowest BCUT2D eigenvalue weighted by Gasteiger charge is -2.32. The number of halogens is 1. The highest BCUT2D eigenvalue weighted by Gasteiger charge is 2.32. The van der Waals surface area contributed by atoms with E-state index < -0.39 is 0 Å². The molecule has 3 heterocycles. The molecule has 21 heavy (non-hydrogen) atoms. The van der Waals surface area contributed by atoms with Gasteiger partial charge in [0.05, 0.1) is 11.9 Å². The standard InChI is InChI=1S/C17H18ClN3/c18-15-3-1-13(2-4-15)14-6-17(9-19-8-14)21-10-12-5-16(11-21)20-7-12/h1-4,6,8-9,12,16,20H,5,7,10-11H2. The predicted molar refractivity (Wildman–Crippen MR) is 86.8 cm³/mol. The molecule has 2 atom stereocenters. The van der Waals surface area contributed by atoms with Crippen molar-refractivity contribution in [2.75, 3.05) is 24.5 Å². The third kappa shape index (κ3) is 2.63. The van der Waals surface area contributed by atoms with E-state index in [0.29, 0.717) is 6.04 Å². The van der Waals surface area contributed by atoms with Crippen molar-refractivity contribution in [3.8, 4) is 11.1 Å². The van der Waals surface area contributed by atoms with Gasteiger partial charge in [-0.05, 0) is 36.1 Å². The van der Waals surface area contributed by atoms with Crippen molar-refractivity contribution in [2.24, 2.45) is 5.92 Å². The highest BCUT2D eigenvalue weighted by molar-refractivity contribution is 6.30. The van der Waals surface area contributed by atoms with Crippen LogP contribution in [0.25, 0.3) is 11.1 Å². The molecular weight excluding hydrogens is 282 g/mol. The number of nitrogens with one attached hydrogen (secondary N) is 1. The summed E-state index contributed by atoms with van der Waals surface area (Å²) >= 11 is 5.96. The lowest BCUT2D eigenvalue weighted by Crippen LogP contribution is -2.41. The molecule has 1 aromatic heterocycles. The Bertz CT molecular complexity index is 629. The highest BCUT2D eigenvalue weighted by atomic mass is 35.5. The van der Waals surface area contributed by atoms with Gasteiger partial charge in [0.1, 0.15) is 0 Å². The zero-order valence-corrected chi connectivity index (χ0v) is 12.6. The van der Waals surface area contributed by atoms with Crippen molar-refractivity contribution >= 4 is 17.3 Å². The summed E-state index contributed by atoms with van der Waals surface area (Å²) in [5.74, 6) is 0.780. The molecule has 0 saturated carbocycles. The first-order valence-corrected chi connectivity index (χ1v) is 7.85. The molecule has 0 amide bonds. The third-order valence-electron chi connectivity index (χ3n) is 4.50. The molecule has 1 N–H and O–H groups in total. The van der Waals surface area contributed by atoms with Crippen LogP contribution in [0.5, 0.6) is 0 Å². The van der Waals surface area contributed by atoms with E-state index in [0.717, 1.165) is 41.7 Å². The molecule has 0 radical (unpaired) electrons. The number of fused-ring (bicyclic) bond motifs is 2. The van der Waals surface area contributed by atoms with Gasteiger partial charge in [-0.15, -0.1) is 0 Å². The van der Waals surface area contributed by atoms with Gasteiger partial charge in [0.25, 0.3) is 0 Å². The van der Waals surface area contributed by atoms with E-state index in [1.165, 1.54) is 12.1 Å². The third-order valence-corrected chi connectivity index (χ3v) is 4.75. The number of aromatic nitrogens is 1. The van der Waals surface area contributed by atoms with Crippen molar-refractivity contribution in [2.45, 2.75) is 12.5 Å². The van der Waals surface area contributed by atoms with E-state index in [4.69, 9.17) is 11.6 Å². The van der Waals surface area contributed by atoms with E-state index in [-0.39, 0.29) is 0 Å². The van der Waals surface area contributed by atoms with Crippen LogP contribution < -0.4 is 10.2 Å². The van der Waals surface area contributed by atoms with Crippen molar-refractivity contribution < 1.29 is 0 Å². The van der Waals surface area contributed by atoms with E-state index in [1.807, 2.05) is 36.7 Å².